The van der Waals surface area contributed by atoms with Crippen molar-refractivity contribution < 1.29 is 21.1 Å². The summed E-state index contributed by atoms with van der Waals surface area (Å²) in [5.41, 5.74) is 0. The summed E-state index contributed by atoms with van der Waals surface area (Å²) in [5, 5.41) is 0. The molecule has 0 aliphatic rings. The van der Waals surface area contributed by atoms with Gasteiger partial charge in [0.2, 0.25) is 0 Å². The van der Waals surface area contributed by atoms with Gasteiger partial charge in [-0.25, -0.2) is 0 Å². The van der Waals surface area contributed by atoms with Crippen LogP contribution in [0.15, 0.2) is 0 Å². The van der Waals surface area contributed by atoms with E-state index < -0.39 is 16.6 Å². The van der Waals surface area contributed by atoms with Crippen molar-refractivity contribution in [3.63, 3.8) is 0 Å². The van der Waals surface area contributed by atoms with Crippen molar-refractivity contribution in [3.8, 4) is 0 Å². The van der Waals surface area contributed by atoms with Crippen LogP contribution in [0.2, 0.25) is 39.3 Å². The molecule has 0 radical (unpaired) electrons. The Morgan fingerprint density at radius 3 is 1.07 bits per heavy atom. The molecule has 0 N–H and O–H groups in total. The zero-order valence-electron chi connectivity index (χ0n) is 11.0. The summed E-state index contributed by atoms with van der Waals surface area (Å²) in [6.45, 7) is 18.8. The van der Waals surface area contributed by atoms with Gasteiger partial charge in [0.25, 0.3) is 0 Å². The fourth-order valence-corrected chi connectivity index (χ4v) is 11.9. The third-order valence-electron chi connectivity index (χ3n) is 1.63. The molecule has 5 heteroatoms. The summed E-state index contributed by atoms with van der Waals surface area (Å²) >= 11 is 0.847. The molecule has 0 rings (SSSR count). The van der Waals surface area contributed by atoms with Crippen LogP contribution in [-0.2, 0) is 21.1 Å². The Morgan fingerprint density at radius 2 is 1.07 bits per heavy atom. The van der Waals surface area contributed by atoms with E-state index in [4.69, 9.17) is 9.69 Å². The molecule has 0 spiro atoms. The predicted octanol–water partition coefficient (Wildman–Crippen LogP) is 4.47. The average molecular weight is 305 g/mol. The monoisotopic (exact) mass is 303 g/mol. The SMILES string of the molecule is C[C-](C)[O+]([Si](C)(C)C)[Si](C)(C)C.[Cl][Zn+]. The molecule has 0 saturated heterocycles. The van der Waals surface area contributed by atoms with E-state index in [1.165, 1.54) is 6.10 Å². The van der Waals surface area contributed by atoms with E-state index in [0.717, 1.165) is 17.3 Å². The Morgan fingerprint density at radius 1 is 0.857 bits per heavy atom. The van der Waals surface area contributed by atoms with Crippen molar-refractivity contribution in [1.82, 2.24) is 0 Å². The molecule has 0 aromatic carbocycles. The van der Waals surface area contributed by atoms with Gasteiger partial charge in [-0.05, 0) is 39.3 Å². The minimum atomic E-state index is -1.21. The first-order chi connectivity index (χ1) is 6.07. The van der Waals surface area contributed by atoms with Gasteiger partial charge in [-0.3, -0.25) is 0 Å². The van der Waals surface area contributed by atoms with Crippen LogP contribution in [0, 0.1) is 6.10 Å². The van der Waals surface area contributed by atoms with Crippen LogP contribution >= 0.6 is 9.69 Å². The van der Waals surface area contributed by atoms with Gasteiger partial charge < -0.3 is 3.75 Å². The van der Waals surface area contributed by atoms with Crippen molar-refractivity contribution in [3.05, 3.63) is 6.10 Å². The van der Waals surface area contributed by atoms with Crippen molar-refractivity contribution >= 4 is 26.3 Å². The van der Waals surface area contributed by atoms with Gasteiger partial charge in [0.05, 0.1) is 0 Å². The van der Waals surface area contributed by atoms with E-state index in [1.54, 1.807) is 0 Å². The van der Waals surface area contributed by atoms with Gasteiger partial charge in [-0.1, -0.05) is 6.10 Å². The molecule has 0 bridgehead atoms. The van der Waals surface area contributed by atoms with Gasteiger partial charge in [0, 0.05) is 0 Å². The quantitative estimate of drug-likeness (QED) is 0.411. The van der Waals surface area contributed by atoms with Crippen LogP contribution in [0.3, 0.4) is 0 Å². The maximum atomic E-state index is 4.76. The van der Waals surface area contributed by atoms with Gasteiger partial charge in [-0.2, -0.15) is 0 Å². The molecule has 82 valence electrons. The van der Waals surface area contributed by atoms with E-state index in [1.807, 2.05) is 0 Å². The third-order valence-corrected chi connectivity index (χ3v) is 8.57. The van der Waals surface area contributed by atoms with Gasteiger partial charge in [0.1, 0.15) is 0 Å². The number of hydrogen-bond donors (Lipinski definition) is 0. The zero-order valence-corrected chi connectivity index (χ0v) is 16.7. The second-order valence-electron chi connectivity index (χ2n) is 5.44. The summed E-state index contributed by atoms with van der Waals surface area (Å²) in [4.78, 5) is 0. The molecule has 0 amide bonds. The van der Waals surface area contributed by atoms with Crippen molar-refractivity contribution in [2.75, 3.05) is 0 Å². The zero-order chi connectivity index (χ0) is 12.2. The molecule has 0 unspecified atom stereocenters. The number of rotatable bonds is 3. The van der Waals surface area contributed by atoms with Crippen LogP contribution in [0.5, 0.6) is 0 Å². The summed E-state index contributed by atoms with van der Waals surface area (Å²) in [6.07, 6.45) is 1.42. The normalized spacial score (nSPS) is 12.9. The van der Waals surface area contributed by atoms with E-state index in [0.29, 0.717) is 0 Å². The average Bonchev–Trinajstić information content (AvgIpc) is 1.82. The summed E-state index contributed by atoms with van der Waals surface area (Å²) in [5.74, 6) is 0. The van der Waals surface area contributed by atoms with E-state index in [-0.39, 0.29) is 0 Å². The summed E-state index contributed by atoms with van der Waals surface area (Å²) in [7, 11) is 2.34. The summed E-state index contributed by atoms with van der Waals surface area (Å²) < 4.78 is 3.62. The molecule has 0 saturated carbocycles. The van der Waals surface area contributed by atoms with Crippen molar-refractivity contribution in [1.29, 1.82) is 0 Å². The van der Waals surface area contributed by atoms with Gasteiger partial charge >= 0.3 is 43.6 Å². The molecule has 14 heavy (non-hydrogen) atoms. The first-order valence-electron chi connectivity index (χ1n) is 4.88. The van der Waals surface area contributed by atoms with Crippen LogP contribution < -0.4 is 0 Å². The Kier molecular flexibility index (Phi) is 8.59. The molecule has 0 fully saturated rings. The molecule has 0 atom stereocenters. The number of halogens is 1. The van der Waals surface area contributed by atoms with Gasteiger partial charge in [-0.15, -0.1) is 13.8 Å². The molecule has 1 nitrogen and oxygen atoms in total. The molecule has 0 aliphatic carbocycles. The van der Waals surface area contributed by atoms with Crippen molar-refractivity contribution in [2.45, 2.75) is 53.1 Å². The Hall–Kier alpha value is 1.31. The number of hydrogen-bond acceptors (Lipinski definition) is 0. The molecule has 0 aromatic rings. The fourth-order valence-electron chi connectivity index (χ4n) is 2.14. The van der Waals surface area contributed by atoms with E-state index >= 15 is 0 Å². The van der Waals surface area contributed by atoms with E-state index in [9.17, 15) is 0 Å². The van der Waals surface area contributed by atoms with Crippen LogP contribution in [-0.4, -0.2) is 16.6 Å². The van der Waals surface area contributed by atoms with E-state index in [2.05, 4.69) is 56.9 Å². The predicted molar refractivity (Wildman–Crippen MR) is 68.2 cm³/mol. The Labute approximate surface area is 106 Å². The molecular formula is C9H24ClOSi2Zn+. The minimum absolute atomic E-state index is 0.847. The molecule has 0 aromatic heterocycles. The van der Waals surface area contributed by atoms with Crippen LogP contribution in [0.1, 0.15) is 13.8 Å². The van der Waals surface area contributed by atoms with Crippen LogP contribution in [0.4, 0.5) is 0 Å². The summed E-state index contributed by atoms with van der Waals surface area (Å²) in [6, 6.07) is 0. The van der Waals surface area contributed by atoms with Crippen LogP contribution in [0.25, 0.3) is 0 Å². The topological polar surface area (TPSA) is 2.70 Å². The van der Waals surface area contributed by atoms with Crippen molar-refractivity contribution in [2.24, 2.45) is 0 Å². The second-order valence-corrected chi connectivity index (χ2v) is 15.1. The first-order valence-corrected chi connectivity index (χ1v) is 15.6. The first kappa shape index (κ1) is 17.7. The molecule has 0 aliphatic heterocycles. The second kappa shape index (κ2) is 6.80. The maximum absolute atomic E-state index is 4.76. The standard InChI is InChI=1S/C9H24OSi2.ClH.Zn/c1-9(2)10(11(3,4)5)12(6,7)8;;/h1-8H3;1H;/q;;+2/p-1. The Balaban J connectivity index is 0. The Bertz CT molecular complexity index is 138. The third kappa shape index (κ3) is 6.73. The molecular weight excluding hydrogens is 281 g/mol. The molecule has 0 heterocycles. The fraction of sp³-hybridized carbons (Fsp3) is 0.889. The van der Waals surface area contributed by atoms with Gasteiger partial charge in [0.15, 0.2) is 0 Å².